The Morgan fingerprint density at radius 1 is 1.06 bits per heavy atom. The SMILES string of the molecule is O=C1CCC(c2coc3ccc4cc(CCN5CCOCC5)ccc4c23)C(=O)C2C[C@@H]2C1. The molecule has 2 aromatic carbocycles. The zero-order chi connectivity index (χ0) is 21.7. The quantitative estimate of drug-likeness (QED) is 0.609. The van der Waals surface area contributed by atoms with Crippen LogP contribution in [0.4, 0.5) is 0 Å². The summed E-state index contributed by atoms with van der Waals surface area (Å²) in [4.78, 5) is 27.9. The molecule has 3 aromatic rings. The summed E-state index contributed by atoms with van der Waals surface area (Å²) in [6.45, 7) is 4.71. The minimum Gasteiger partial charge on any atom is -0.464 e. The van der Waals surface area contributed by atoms with Crippen LogP contribution in [-0.2, 0) is 20.7 Å². The number of morpholine rings is 1. The van der Waals surface area contributed by atoms with E-state index >= 15 is 0 Å². The summed E-state index contributed by atoms with van der Waals surface area (Å²) in [5, 5.41) is 3.36. The maximum absolute atomic E-state index is 13.2. The first-order chi connectivity index (χ1) is 15.7. The number of carbonyl (C=O) groups is 2. The number of carbonyl (C=O) groups excluding carboxylic acids is 2. The van der Waals surface area contributed by atoms with Crippen LogP contribution in [0.15, 0.2) is 41.0 Å². The standard InChI is InChI=1S/C27H29NO4/c29-20-3-5-22(27(30)23-15-19(23)14-20)24-16-32-25-6-2-18-13-17(1-4-21(18)26(24)25)7-8-28-9-11-31-12-10-28/h1-2,4,6,13,16,19,22-23H,3,5,7-12,14-15H2/t19-,22?,23?/m0/s1. The average Bonchev–Trinajstić information content (AvgIpc) is 3.44. The Morgan fingerprint density at radius 3 is 2.81 bits per heavy atom. The molecule has 0 bridgehead atoms. The highest BCUT2D eigenvalue weighted by Crippen LogP contribution is 2.49. The number of ketones is 2. The van der Waals surface area contributed by atoms with E-state index in [0.29, 0.717) is 30.8 Å². The Bertz CT molecular complexity index is 1190. The van der Waals surface area contributed by atoms with Gasteiger partial charge in [0, 0.05) is 55.3 Å². The van der Waals surface area contributed by atoms with Crippen LogP contribution in [0.1, 0.15) is 42.7 Å². The van der Waals surface area contributed by atoms with Crippen molar-refractivity contribution in [1.29, 1.82) is 0 Å². The zero-order valence-corrected chi connectivity index (χ0v) is 18.3. The van der Waals surface area contributed by atoms with Crippen LogP contribution in [0.2, 0.25) is 0 Å². The summed E-state index contributed by atoms with van der Waals surface area (Å²) in [5.74, 6) is 0.724. The largest absolute Gasteiger partial charge is 0.464 e. The molecule has 5 nitrogen and oxygen atoms in total. The third-order valence-corrected chi connectivity index (χ3v) is 7.68. The molecule has 3 atom stereocenters. The molecule has 1 aliphatic heterocycles. The second-order valence-corrected chi connectivity index (χ2v) is 9.73. The second kappa shape index (κ2) is 8.13. The summed E-state index contributed by atoms with van der Waals surface area (Å²) in [7, 11) is 0. The minimum absolute atomic E-state index is 0.0657. The molecule has 2 aliphatic carbocycles. The number of furan rings is 1. The van der Waals surface area contributed by atoms with Crippen molar-refractivity contribution >= 4 is 33.3 Å². The number of fused-ring (bicyclic) bond motifs is 4. The van der Waals surface area contributed by atoms with Crippen LogP contribution in [0.5, 0.6) is 0 Å². The monoisotopic (exact) mass is 431 g/mol. The van der Waals surface area contributed by atoms with Gasteiger partial charge < -0.3 is 9.15 Å². The van der Waals surface area contributed by atoms with Gasteiger partial charge >= 0.3 is 0 Å². The molecule has 0 N–H and O–H groups in total. The van der Waals surface area contributed by atoms with Crippen LogP contribution < -0.4 is 0 Å². The van der Waals surface area contributed by atoms with Crippen LogP contribution in [0.25, 0.3) is 21.7 Å². The Hall–Kier alpha value is -2.50. The first kappa shape index (κ1) is 20.1. The summed E-state index contributed by atoms with van der Waals surface area (Å²) in [6.07, 6.45) is 5.34. The predicted molar refractivity (Wildman–Crippen MR) is 123 cm³/mol. The molecule has 0 spiro atoms. The van der Waals surface area contributed by atoms with Gasteiger partial charge in [0.25, 0.3) is 0 Å². The molecule has 0 radical (unpaired) electrons. The summed E-state index contributed by atoms with van der Waals surface area (Å²) in [6, 6.07) is 10.8. The minimum atomic E-state index is -0.234. The van der Waals surface area contributed by atoms with E-state index in [1.807, 2.05) is 6.07 Å². The fraction of sp³-hybridized carbons (Fsp3) is 0.481. The maximum atomic E-state index is 13.2. The van der Waals surface area contributed by atoms with Crippen molar-refractivity contribution in [2.75, 3.05) is 32.8 Å². The molecular formula is C27H29NO4. The van der Waals surface area contributed by atoms with Gasteiger partial charge in [-0.25, -0.2) is 0 Å². The van der Waals surface area contributed by atoms with E-state index in [9.17, 15) is 9.59 Å². The number of ether oxygens (including phenoxy) is 1. The lowest BCUT2D eigenvalue weighted by Gasteiger charge is -2.26. The van der Waals surface area contributed by atoms with E-state index < -0.39 is 0 Å². The van der Waals surface area contributed by atoms with Gasteiger partial charge in [0.15, 0.2) is 0 Å². The molecule has 2 heterocycles. The van der Waals surface area contributed by atoms with Crippen molar-refractivity contribution in [3.8, 4) is 0 Å². The zero-order valence-electron chi connectivity index (χ0n) is 18.3. The third kappa shape index (κ3) is 3.67. The Labute approximate surface area is 187 Å². The lowest BCUT2D eigenvalue weighted by Crippen LogP contribution is -2.37. The number of hydrogen-bond donors (Lipinski definition) is 0. The Balaban J connectivity index is 1.32. The van der Waals surface area contributed by atoms with Gasteiger partial charge in [-0.15, -0.1) is 0 Å². The number of rotatable bonds is 4. The van der Waals surface area contributed by atoms with Gasteiger partial charge in [-0.2, -0.15) is 0 Å². The highest BCUT2D eigenvalue weighted by Gasteiger charge is 2.48. The van der Waals surface area contributed by atoms with Crippen LogP contribution in [0.3, 0.4) is 0 Å². The van der Waals surface area contributed by atoms with Crippen molar-refractivity contribution in [2.45, 2.75) is 38.0 Å². The Morgan fingerprint density at radius 2 is 1.94 bits per heavy atom. The highest BCUT2D eigenvalue weighted by atomic mass is 16.5. The lowest BCUT2D eigenvalue weighted by molar-refractivity contribution is -0.124. The molecule has 32 heavy (non-hydrogen) atoms. The fourth-order valence-electron chi connectivity index (χ4n) is 5.70. The van der Waals surface area contributed by atoms with Crippen molar-refractivity contribution in [1.82, 2.24) is 4.90 Å². The van der Waals surface area contributed by atoms with Gasteiger partial charge in [0.2, 0.25) is 0 Å². The second-order valence-electron chi connectivity index (χ2n) is 9.73. The average molecular weight is 432 g/mol. The van der Waals surface area contributed by atoms with Crippen molar-refractivity contribution in [2.24, 2.45) is 11.8 Å². The molecule has 3 aliphatic rings. The van der Waals surface area contributed by atoms with Crippen molar-refractivity contribution in [3.63, 3.8) is 0 Å². The molecular weight excluding hydrogens is 402 g/mol. The topological polar surface area (TPSA) is 59.8 Å². The highest BCUT2D eigenvalue weighted by molar-refractivity contribution is 6.09. The molecule has 0 amide bonds. The smallest absolute Gasteiger partial charge is 0.143 e. The van der Waals surface area contributed by atoms with E-state index in [1.165, 1.54) is 10.9 Å². The number of Topliss-reactive ketones (excluding diaryl/α,β-unsaturated/α-hetero) is 2. The van der Waals surface area contributed by atoms with E-state index in [0.717, 1.165) is 67.6 Å². The van der Waals surface area contributed by atoms with E-state index in [-0.39, 0.29) is 17.8 Å². The fourth-order valence-corrected chi connectivity index (χ4v) is 5.70. The van der Waals surface area contributed by atoms with Gasteiger partial charge in [-0.3, -0.25) is 14.5 Å². The van der Waals surface area contributed by atoms with Crippen LogP contribution in [0, 0.1) is 11.8 Å². The molecule has 166 valence electrons. The van der Waals surface area contributed by atoms with Gasteiger partial charge in [0.05, 0.1) is 19.5 Å². The maximum Gasteiger partial charge on any atom is 0.143 e. The normalized spacial score (nSPS) is 26.8. The van der Waals surface area contributed by atoms with Crippen LogP contribution >= 0.6 is 0 Å². The van der Waals surface area contributed by atoms with Gasteiger partial charge in [-0.1, -0.05) is 24.3 Å². The molecule has 5 heteroatoms. The third-order valence-electron chi connectivity index (χ3n) is 7.68. The van der Waals surface area contributed by atoms with Gasteiger partial charge in [0.1, 0.15) is 17.1 Å². The molecule has 1 saturated heterocycles. The lowest BCUT2D eigenvalue weighted by atomic mass is 9.83. The first-order valence-electron chi connectivity index (χ1n) is 12.0. The van der Waals surface area contributed by atoms with Crippen molar-refractivity contribution in [3.05, 3.63) is 47.7 Å². The molecule has 2 saturated carbocycles. The Kier molecular flexibility index (Phi) is 5.11. The summed E-state index contributed by atoms with van der Waals surface area (Å²) >= 11 is 0. The summed E-state index contributed by atoms with van der Waals surface area (Å²) in [5.41, 5.74) is 3.11. The predicted octanol–water partition coefficient (Wildman–Crippen LogP) is 4.50. The molecule has 6 rings (SSSR count). The van der Waals surface area contributed by atoms with E-state index in [4.69, 9.17) is 9.15 Å². The van der Waals surface area contributed by atoms with Gasteiger partial charge in [-0.05, 0) is 47.6 Å². The number of nitrogens with zero attached hydrogens (tertiary/aromatic N) is 1. The number of benzene rings is 2. The van der Waals surface area contributed by atoms with E-state index in [2.05, 4.69) is 29.2 Å². The molecule has 1 aromatic heterocycles. The summed E-state index contributed by atoms with van der Waals surface area (Å²) < 4.78 is 11.4. The van der Waals surface area contributed by atoms with Crippen molar-refractivity contribution < 1.29 is 18.7 Å². The first-order valence-corrected chi connectivity index (χ1v) is 12.0. The molecule has 2 unspecified atom stereocenters. The number of hydrogen-bond acceptors (Lipinski definition) is 5. The molecule has 3 fully saturated rings. The van der Waals surface area contributed by atoms with Crippen LogP contribution in [-0.4, -0.2) is 49.3 Å². The van der Waals surface area contributed by atoms with E-state index in [1.54, 1.807) is 6.26 Å².